The highest BCUT2D eigenvalue weighted by Crippen LogP contribution is 2.18. The van der Waals surface area contributed by atoms with Crippen LogP contribution in [-0.4, -0.2) is 19.0 Å². The van der Waals surface area contributed by atoms with Crippen LogP contribution in [0.5, 0.6) is 5.75 Å². The van der Waals surface area contributed by atoms with Crippen molar-refractivity contribution in [2.24, 2.45) is 0 Å². The molecule has 0 unspecified atom stereocenters. The highest BCUT2D eigenvalue weighted by Gasteiger charge is 2.02. The smallest absolute Gasteiger partial charge is 0.225 e. The molecule has 2 aromatic rings. The summed E-state index contributed by atoms with van der Waals surface area (Å²) in [5.41, 5.74) is 1.80. The molecule has 24 heavy (non-hydrogen) atoms. The summed E-state index contributed by atoms with van der Waals surface area (Å²) in [6, 6.07) is 14.8. The molecule has 2 aromatic carbocycles. The van der Waals surface area contributed by atoms with E-state index in [-0.39, 0.29) is 5.91 Å². The molecule has 0 fully saturated rings. The Kier molecular flexibility index (Phi) is 7.33. The Bertz CT molecular complexity index is 654. The Morgan fingerprint density at radius 3 is 2.50 bits per heavy atom. The Labute approximate surface area is 147 Å². The standard InChI is InChI=1S/C19H21ClN2O2/c1-2-12-21-13-11-19(23)22-17-7-9-18(10-8-17)24-14-15-3-5-16(20)6-4-15/h2-10,21H,1,11-14H2,(H,22,23). The predicted molar refractivity (Wildman–Crippen MR) is 98.5 cm³/mol. The molecule has 0 bridgehead atoms. The van der Waals surface area contributed by atoms with E-state index in [2.05, 4.69) is 17.2 Å². The number of ether oxygens (including phenoxy) is 1. The van der Waals surface area contributed by atoms with Crippen molar-refractivity contribution in [3.05, 3.63) is 71.8 Å². The topological polar surface area (TPSA) is 50.4 Å². The average Bonchev–Trinajstić information content (AvgIpc) is 2.59. The fraction of sp³-hybridized carbons (Fsp3) is 0.211. The number of carbonyl (C=O) groups excluding carboxylic acids is 1. The van der Waals surface area contributed by atoms with Crippen LogP contribution in [0.15, 0.2) is 61.2 Å². The third kappa shape index (κ3) is 6.44. The molecule has 0 aliphatic rings. The van der Waals surface area contributed by atoms with Gasteiger partial charge in [-0.05, 0) is 42.0 Å². The van der Waals surface area contributed by atoms with Gasteiger partial charge in [0.1, 0.15) is 12.4 Å². The number of amides is 1. The van der Waals surface area contributed by atoms with E-state index in [1.54, 1.807) is 6.08 Å². The van der Waals surface area contributed by atoms with E-state index < -0.39 is 0 Å². The van der Waals surface area contributed by atoms with Crippen LogP contribution in [0.25, 0.3) is 0 Å². The van der Waals surface area contributed by atoms with Crippen molar-refractivity contribution < 1.29 is 9.53 Å². The van der Waals surface area contributed by atoms with Crippen LogP contribution < -0.4 is 15.4 Å². The molecule has 1 amide bonds. The zero-order valence-corrected chi connectivity index (χ0v) is 14.2. The quantitative estimate of drug-likeness (QED) is 0.533. The first-order valence-electron chi connectivity index (χ1n) is 7.76. The minimum Gasteiger partial charge on any atom is -0.489 e. The molecule has 0 aromatic heterocycles. The molecule has 0 heterocycles. The molecular formula is C19H21ClN2O2. The van der Waals surface area contributed by atoms with Crippen LogP contribution in [0, 0.1) is 0 Å². The van der Waals surface area contributed by atoms with Crippen LogP contribution in [0.1, 0.15) is 12.0 Å². The van der Waals surface area contributed by atoms with Crippen molar-refractivity contribution >= 4 is 23.2 Å². The summed E-state index contributed by atoms with van der Waals surface area (Å²) >= 11 is 5.85. The monoisotopic (exact) mass is 344 g/mol. The minimum atomic E-state index is -0.0265. The van der Waals surface area contributed by atoms with Crippen LogP contribution in [0.2, 0.25) is 5.02 Å². The maximum atomic E-state index is 11.8. The average molecular weight is 345 g/mol. The molecule has 0 saturated heterocycles. The maximum absolute atomic E-state index is 11.8. The molecule has 126 valence electrons. The molecule has 5 heteroatoms. The lowest BCUT2D eigenvalue weighted by Crippen LogP contribution is -2.21. The second-order valence-corrected chi connectivity index (χ2v) is 5.67. The lowest BCUT2D eigenvalue weighted by Gasteiger charge is -2.09. The van der Waals surface area contributed by atoms with Gasteiger partial charge in [0.25, 0.3) is 0 Å². The molecular weight excluding hydrogens is 324 g/mol. The largest absolute Gasteiger partial charge is 0.489 e. The minimum absolute atomic E-state index is 0.0265. The number of rotatable bonds is 9. The molecule has 0 aliphatic carbocycles. The first-order chi connectivity index (χ1) is 11.7. The van der Waals surface area contributed by atoms with Gasteiger partial charge in [-0.1, -0.05) is 29.8 Å². The first kappa shape index (κ1) is 18.0. The van der Waals surface area contributed by atoms with E-state index in [4.69, 9.17) is 16.3 Å². The van der Waals surface area contributed by atoms with E-state index in [1.807, 2.05) is 48.5 Å². The fourth-order valence-electron chi connectivity index (χ4n) is 2.01. The first-order valence-corrected chi connectivity index (χ1v) is 8.14. The van der Waals surface area contributed by atoms with Crippen molar-refractivity contribution in [1.82, 2.24) is 5.32 Å². The van der Waals surface area contributed by atoms with Crippen molar-refractivity contribution in [2.45, 2.75) is 13.0 Å². The lowest BCUT2D eigenvalue weighted by molar-refractivity contribution is -0.116. The van der Waals surface area contributed by atoms with E-state index in [0.29, 0.717) is 31.1 Å². The summed E-state index contributed by atoms with van der Waals surface area (Å²) < 4.78 is 5.71. The van der Waals surface area contributed by atoms with Gasteiger partial charge in [0.05, 0.1) is 0 Å². The molecule has 2 rings (SSSR count). The summed E-state index contributed by atoms with van der Waals surface area (Å²) in [4.78, 5) is 11.8. The van der Waals surface area contributed by atoms with Gasteiger partial charge in [-0.25, -0.2) is 0 Å². The van der Waals surface area contributed by atoms with Gasteiger partial charge >= 0.3 is 0 Å². The van der Waals surface area contributed by atoms with E-state index in [0.717, 1.165) is 17.0 Å². The van der Waals surface area contributed by atoms with E-state index >= 15 is 0 Å². The van der Waals surface area contributed by atoms with Crippen LogP contribution in [0.4, 0.5) is 5.69 Å². The SMILES string of the molecule is C=CCNCCC(=O)Nc1ccc(OCc2ccc(Cl)cc2)cc1. The summed E-state index contributed by atoms with van der Waals surface area (Å²) in [6.07, 6.45) is 2.18. The van der Waals surface area contributed by atoms with Crippen molar-refractivity contribution in [3.63, 3.8) is 0 Å². The maximum Gasteiger partial charge on any atom is 0.225 e. The third-order valence-corrected chi connectivity index (χ3v) is 3.53. The second-order valence-electron chi connectivity index (χ2n) is 5.23. The van der Waals surface area contributed by atoms with Gasteiger partial charge in [0.15, 0.2) is 0 Å². The molecule has 0 atom stereocenters. The van der Waals surface area contributed by atoms with Crippen LogP contribution in [0.3, 0.4) is 0 Å². The summed E-state index contributed by atoms with van der Waals surface area (Å²) in [6.45, 7) is 5.41. The Morgan fingerprint density at radius 2 is 1.83 bits per heavy atom. The van der Waals surface area contributed by atoms with Crippen molar-refractivity contribution in [3.8, 4) is 5.75 Å². The molecule has 4 nitrogen and oxygen atoms in total. The second kappa shape index (κ2) is 9.75. The highest BCUT2D eigenvalue weighted by molar-refractivity contribution is 6.30. The van der Waals surface area contributed by atoms with Crippen LogP contribution >= 0.6 is 11.6 Å². The van der Waals surface area contributed by atoms with Gasteiger partial charge < -0.3 is 15.4 Å². The zero-order chi connectivity index (χ0) is 17.2. The normalized spacial score (nSPS) is 10.2. The summed E-state index contributed by atoms with van der Waals surface area (Å²) in [5, 5.41) is 6.65. The van der Waals surface area contributed by atoms with E-state index in [9.17, 15) is 4.79 Å². The van der Waals surface area contributed by atoms with E-state index in [1.165, 1.54) is 0 Å². The summed E-state index contributed by atoms with van der Waals surface area (Å²) in [5.74, 6) is 0.719. The molecule has 0 spiro atoms. The Morgan fingerprint density at radius 1 is 1.12 bits per heavy atom. The van der Waals surface area contributed by atoms with Gasteiger partial charge in [0.2, 0.25) is 5.91 Å². The van der Waals surface area contributed by atoms with Gasteiger partial charge in [0, 0.05) is 30.2 Å². The Hall–Kier alpha value is -2.30. The zero-order valence-electron chi connectivity index (χ0n) is 13.4. The molecule has 0 saturated carbocycles. The Balaban J connectivity index is 1.76. The summed E-state index contributed by atoms with van der Waals surface area (Å²) in [7, 11) is 0. The van der Waals surface area contributed by atoms with Crippen molar-refractivity contribution in [2.75, 3.05) is 18.4 Å². The lowest BCUT2D eigenvalue weighted by atomic mass is 10.2. The number of nitrogens with one attached hydrogen (secondary N) is 2. The number of carbonyl (C=O) groups is 1. The highest BCUT2D eigenvalue weighted by atomic mass is 35.5. The number of hydrogen-bond acceptors (Lipinski definition) is 3. The molecule has 0 aliphatic heterocycles. The van der Waals surface area contributed by atoms with Gasteiger partial charge in [-0.15, -0.1) is 6.58 Å². The number of benzene rings is 2. The van der Waals surface area contributed by atoms with Crippen LogP contribution in [-0.2, 0) is 11.4 Å². The number of anilines is 1. The van der Waals surface area contributed by atoms with Gasteiger partial charge in [-0.3, -0.25) is 4.79 Å². The predicted octanol–water partition coefficient (Wildman–Crippen LogP) is 4.02. The number of hydrogen-bond donors (Lipinski definition) is 2. The van der Waals surface area contributed by atoms with Crippen molar-refractivity contribution in [1.29, 1.82) is 0 Å². The van der Waals surface area contributed by atoms with Gasteiger partial charge in [-0.2, -0.15) is 0 Å². The molecule has 0 radical (unpaired) electrons. The number of halogens is 1. The fourth-order valence-corrected chi connectivity index (χ4v) is 2.14. The molecule has 2 N–H and O–H groups in total. The third-order valence-electron chi connectivity index (χ3n) is 3.27.